The van der Waals surface area contributed by atoms with Crippen molar-refractivity contribution in [2.24, 2.45) is 0 Å². The molecule has 6 heteroatoms. The first kappa shape index (κ1) is 21.1. The number of aromatic nitrogens is 3. The highest BCUT2D eigenvalue weighted by atomic mass is 16.5. The van der Waals surface area contributed by atoms with Crippen LogP contribution >= 0.6 is 0 Å². The zero-order chi connectivity index (χ0) is 21.8. The predicted octanol–water partition coefficient (Wildman–Crippen LogP) is 4.24. The van der Waals surface area contributed by atoms with Gasteiger partial charge in [-0.2, -0.15) is 5.10 Å². The Hall–Kier alpha value is -3.15. The van der Waals surface area contributed by atoms with Gasteiger partial charge in [-0.3, -0.25) is 9.78 Å². The Morgan fingerprint density at radius 1 is 1.03 bits per heavy atom. The lowest BCUT2D eigenvalue weighted by Crippen LogP contribution is -2.40. The lowest BCUT2D eigenvalue weighted by molar-refractivity contribution is -0.121. The Kier molecular flexibility index (Phi) is 6.35. The second kappa shape index (κ2) is 9.33. The van der Waals surface area contributed by atoms with Crippen LogP contribution in [0.3, 0.4) is 0 Å². The van der Waals surface area contributed by atoms with Gasteiger partial charge >= 0.3 is 0 Å². The molecule has 3 aromatic rings. The first-order chi connectivity index (χ1) is 15.0. The molecule has 1 aliphatic carbocycles. The number of rotatable bonds is 6. The summed E-state index contributed by atoms with van der Waals surface area (Å²) in [5, 5.41) is 7.87. The van der Waals surface area contributed by atoms with Crippen LogP contribution in [0.1, 0.15) is 48.3 Å². The summed E-state index contributed by atoms with van der Waals surface area (Å²) in [6.45, 7) is 5.96. The van der Waals surface area contributed by atoms with E-state index in [1.807, 2.05) is 67.9 Å². The number of hydrogen-bond donors (Lipinski definition) is 1. The highest BCUT2D eigenvalue weighted by Gasteiger charge is 2.25. The second-order valence-corrected chi connectivity index (χ2v) is 8.32. The number of amides is 1. The highest BCUT2D eigenvalue weighted by Crippen LogP contribution is 2.25. The van der Waals surface area contributed by atoms with E-state index in [0.29, 0.717) is 6.42 Å². The van der Waals surface area contributed by atoms with Gasteiger partial charge < -0.3 is 10.1 Å². The quantitative estimate of drug-likeness (QED) is 0.650. The van der Waals surface area contributed by atoms with E-state index in [0.717, 1.165) is 59.8 Å². The average Bonchev–Trinajstić information content (AvgIpc) is 3.05. The number of nitrogens with one attached hydrogen (secondary N) is 1. The summed E-state index contributed by atoms with van der Waals surface area (Å²) >= 11 is 0. The van der Waals surface area contributed by atoms with Gasteiger partial charge in [0.15, 0.2) is 0 Å². The third-order valence-corrected chi connectivity index (χ3v) is 6.07. The van der Waals surface area contributed by atoms with Gasteiger partial charge in [-0.15, -0.1) is 0 Å². The van der Waals surface area contributed by atoms with E-state index in [4.69, 9.17) is 4.74 Å². The number of pyridine rings is 1. The Balaban J connectivity index is 1.31. The SMILES string of the molecule is Cc1ncccc1OC1CCC(NC(=O)Cc2c(C)nn(-c3ccccc3)c2C)CC1. The lowest BCUT2D eigenvalue weighted by Gasteiger charge is -2.29. The maximum absolute atomic E-state index is 12.8. The van der Waals surface area contributed by atoms with Crippen molar-refractivity contribution in [1.29, 1.82) is 0 Å². The molecule has 0 atom stereocenters. The van der Waals surface area contributed by atoms with Gasteiger partial charge in [0.05, 0.1) is 29.6 Å². The van der Waals surface area contributed by atoms with Gasteiger partial charge in [-0.25, -0.2) is 4.68 Å². The van der Waals surface area contributed by atoms with E-state index in [9.17, 15) is 4.79 Å². The predicted molar refractivity (Wildman–Crippen MR) is 121 cm³/mol. The summed E-state index contributed by atoms with van der Waals surface area (Å²) in [6.07, 6.45) is 6.04. The Labute approximate surface area is 183 Å². The molecule has 2 heterocycles. The summed E-state index contributed by atoms with van der Waals surface area (Å²) < 4.78 is 8.04. The minimum atomic E-state index is 0.0614. The molecule has 1 fully saturated rings. The number of carbonyl (C=O) groups excluding carboxylic acids is 1. The van der Waals surface area contributed by atoms with Gasteiger partial charge in [0.1, 0.15) is 5.75 Å². The van der Waals surface area contributed by atoms with Crippen LogP contribution in [-0.2, 0) is 11.2 Å². The highest BCUT2D eigenvalue weighted by molar-refractivity contribution is 5.79. The fourth-order valence-electron chi connectivity index (χ4n) is 4.29. The number of hydrogen-bond acceptors (Lipinski definition) is 4. The van der Waals surface area contributed by atoms with Crippen LogP contribution in [0.5, 0.6) is 5.75 Å². The molecular formula is C25H30N4O2. The van der Waals surface area contributed by atoms with Crippen LogP contribution in [0.4, 0.5) is 0 Å². The topological polar surface area (TPSA) is 69.0 Å². The number of para-hydroxylation sites is 1. The fourth-order valence-corrected chi connectivity index (χ4v) is 4.29. The molecular weight excluding hydrogens is 388 g/mol. The molecule has 1 amide bonds. The maximum atomic E-state index is 12.8. The molecule has 6 nitrogen and oxygen atoms in total. The molecule has 162 valence electrons. The minimum absolute atomic E-state index is 0.0614. The smallest absolute Gasteiger partial charge is 0.224 e. The zero-order valence-corrected chi connectivity index (χ0v) is 18.5. The van der Waals surface area contributed by atoms with Gasteiger partial charge in [-0.05, 0) is 70.7 Å². The number of aryl methyl sites for hydroxylation is 2. The summed E-state index contributed by atoms with van der Waals surface area (Å²) in [6, 6.07) is 14.1. The van der Waals surface area contributed by atoms with Gasteiger partial charge in [-0.1, -0.05) is 18.2 Å². The number of nitrogens with zero attached hydrogens (tertiary/aromatic N) is 3. The summed E-state index contributed by atoms with van der Waals surface area (Å²) in [7, 11) is 0. The number of carbonyl (C=O) groups is 1. The van der Waals surface area contributed by atoms with E-state index in [1.54, 1.807) is 6.20 Å². The fraction of sp³-hybridized carbons (Fsp3) is 0.400. The maximum Gasteiger partial charge on any atom is 0.224 e. The van der Waals surface area contributed by atoms with Crippen molar-refractivity contribution in [3.63, 3.8) is 0 Å². The Morgan fingerprint density at radius 2 is 1.77 bits per heavy atom. The van der Waals surface area contributed by atoms with Crippen LogP contribution < -0.4 is 10.1 Å². The normalized spacial score (nSPS) is 18.5. The summed E-state index contributed by atoms with van der Waals surface area (Å²) in [4.78, 5) is 17.0. The van der Waals surface area contributed by atoms with E-state index in [-0.39, 0.29) is 18.1 Å². The molecule has 1 N–H and O–H groups in total. The third-order valence-electron chi connectivity index (χ3n) is 6.07. The monoisotopic (exact) mass is 418 g/mol. The van der Waals surface area contributed by atoms with Crippen LogP contribution in [0.15, 0.2) is 48.7 Å². The van der Waals surface area contributed by atoms with E-state index >= 15 is 0 Å². The molecule has 0 radical (unpaired) electrons. The van der Waals surface area contributed by atoms with Crippen molar-refractivity contribution < 1.29 is 9.53 Å². The molecule has 1 aliphatic rings. The third kappa shape index (κ3) is 4.95. The van der Waals surface area contributed by atoms with Gasteiger partial charge in [0.2, 0.25) is 5.91 Å². The standard InChI is InChI=1S/C25H30N4O2/c1-17-23(19(3)29(28-17)21-8-5-4-6-9-21)16-25(30)27-20-11-13-22(14-12-20)31-24-10-7-15-26-18(24)2/h4-10,15,20,22H,11-14,16H2,1-3H3,(H,27,30). The molecule has 0 aliphatic heterocycles. The molecule has 4 rings (SSSR count). The van der Waals surface area contributed by atoms with E-state index in [2.05, 4.69) is 15.4 Å². The molecule has 31 heavy (non-hydrogen) atoms. The molecule has 0 bridgehead atoms. The molecule has 0 unspecified atom stereocenters. The van der Waals surface area contributed by atoms with E-state index < -0.39 is 0 Å². The molecule has 1 saturated carbocycles. The largest absolute Gasteiger partial charge is 0.489 e. The first-order valence-corrected chi connectivity index (χ1v) is 11.0. The second-order valence-electron chi connectivity index (χ2n) is 8.32. The van der Waals surface area contributed by atoms with Crippen molar-refractivity contribution in [2.75, 3.05) is 0 Å². The van der Waals surface area contributed by atoms with Crippen LogP contribution in [0.25, 0.3) is 5.69 Å². The Morgan fingerprint density at radius 3 is 2.48 bits per heavy atom. The van der Waals surface area contributed by atoms with Crippen LogP contribution in [0, 0.1) is 20.8 Å². The van der Waals surface area contributed by atoms with Crippen molar-refractivity contribution in [2.45, 2.75) is 65.0 Å². The van der Waals surface area contributed by atoms with Crippen molar-refractivity contribution in [3.05, 3.63) is 71.3 Å². The first-order valence-electron chi connectivity index (χ1n) is 11.0. The van der Waals surface area contributed by atoms with Gasteiger partial charge in [0, 0.05) is 23.5 Å². The van der Waals surface area contributed by atoms with Crippen LogP contribution in [0.2, 0.25) is 0 Å². The lowest BCUT2D eigenvalue weighted by atomic mass is 9.92. The van der Waals surface area contributed by atoms with E-state index in [1.165, 1.54) is 0 Å². The molecule has 0 spiro atoms. The molecule has 2 aromatic heterocycles. The average molecular weight is 419 g/mol. The molecule has 1 aromatic carbocycles. The Bertz CT molecular complexity index is 1040. The van der Waals surface area contributed by atoms with Crippen molar-refractivity contribution >= 4 is 5.91 Å². The minimum Gasteiger partial charge on any atom is -0.489 e. The zero-order valence-electron chi connectivity index (χ0n) is 18.5. The molecule has 0 saturated heterocycles. The number of ether oxygens (including phenoxy) is 1. The van der Waals surface area contributed by atoms with Gasteiger partial charge in [0.25, 0.3) is 0 Å². The van der Waals surface area contributed by atoms with Crippen molar-refractivity contribution in [1.82, 2.24) is 20.1 Å². The van der Waals surface area contributed by atoms with Crippen LogP contribution in [-0.4, -0.2) is 32.8 Å². The van der Waals surface area contributed by atoms with Crippen molar-refractivity contribution in [3.8, 4) is 11.4 Å². The summed E-state index contributed by atoms with van der Waals surface area (Å²) in [5.74, 6) is 0.919. The number of benzene rings is 1. The summed E-state index contributed by atoms with van der Waals surface area (Å²) in [5.41, 5.74) is 4.85.